The van der Waals surface area contributed by atoms with Crippen molar-refractivity contribution in [2.75, 3.05) is 11.4 Å². The van der Waals surface area contributed by atoms with Crippen LogP contribution in [-0.2, 0) is 7.05 Å². The lowest BCUT2D eigenvalue weighted by Crippen LogP contribution is -2.23. The van der Waals surface area contributed by atoms with Crippen molar-refractivity contribution in [1.82, 2.24) is 14.8 Å². The summed E-state index contributed by atoms with van der Waals surface area (Å²) in [5, 5.41) is 5.13. The number of nitrogens with zero attached hydrogens (tertiary/aromatic N) is 4. The van der Waals surface area contributed by atoms with E-state index in [4.69, 9.17) is 16.0 Å². The fourth-order valence-electron chi connectivity index (χ4n) is 3.30. The first kappa shape index (κ1) is 13.6. The number of oxazole rings is 1. The minimum absolute atomic E-state index is 0.175. The van der Waals surface area contributed by atoms with Gasteiger partial charge in [0.05, 0.1) is 11.7 Å². The van der Waals surface area contributed by atoms with Crippen LogP contribution in [0.15, 0.2) is 28.7 Å². The van der Waals surface area contributed by atoms with Crippen LogP contribution in [0.3, 0.4) is 0 Å². The molecule has 5 nitrogen and oxygen atoms in total. The van der Waals surface area contributed by atoms with Crippen molar-refractivity contribution in [3.05, 3.63) is 40.7 Å². The number of aryl methyl sites for hydroxylation is 2. The second kappa shape index (κ2) is 5.02. The van der Waals surface area contributed by atoms with E-state index in [1.165, 1.54) is 0 Å². The predicted molar refractivity (Wildman–Crippen MR) is 86.3 cm³/mol. The van der Waals surface area contributed by atoms with Gasteiger partial charge in [-0.05, 0) is 31.9 Å². The van der Waals surface area contributed by atoms with E-state index in [1.54, 1.807) is 4.68 Å². The molecule has 0 N–H and O–H groups in total. The number of fused-ring (bicyclic) bond motifs is 1. The molecule has 1 aliphatic heterocycles. The Morgan fingerprint density at radius 1 is 1.32 bits per heavy atom. The highest BCUT2D eigenvalue weighted by Crippen LogP contribution is 2.40. The zero-order chi connectivity index (χ0) is 15.3. The average Bonchev–Trinajstić information content (AvgIpc) is 3.17. The molecule has 2 aromatic heterocycles. The summed E-state index contributed by atoms with van der Waals surface area (Å²) in [5.74, 6) is 0. The largest absolute Gasteiger partial charge is 0.423 e. The van der Waals surface area contributed by atoms with Gasteiger partial charge in [-0.1, -0.05) is 23.7 Å². The summed E-state index contributed by atoms with van der Waals surface area (Å²) < 4.78 is 7.67. The number of aromatic nitrogens is 3. The molecular weight excluding hydrogens is 300 g/mol. The molecule has 6 heteroatoms. The normalized spacial score (nSPS) is 18.5. The lowest BCUT2D eigenvalue weighted by Gasteiger charge is -2.22. The molecule has 22 heavy (non-hydrogen) atoms. The summed E-state index contributed by atoms with van der Waals surface area (Å²) in [4.78, 5) is 6.83. The first-order valence-electron chi connectivity index (χ1n) is 7.46. The Kier molecular flexibility index (Phi) is 3.11. The summed E-state index contributed by atoms with van der Waals surface area (Å²) in [6, 6.07) is 8.69. The molecule has 0 radical (unpaired) electrons. The van der Waals surface area contributed by atoms with E-state index >= 15 is 0 Å². The standard InChI is InChI=1S/C16H17ClN4O/c1-10-14(15(17)20(2)19-10)12-7-5-9-21(12)16-18-11-6-3-4-8-13(11)22-16/h3-4,6,8,12H,5,7,9H2,1-2H3/t12-/m1/s1. The van der Waals surface area contributed by atoms with Crippen LogP contribution in [0, 0.1) is 6.92 Å². The fraction of sp³-hybridized carbons (Fsp3) is 0.375. The summed E-state index contributed by atoms with van der Waals surface area (Å²) in [6.07, 6.45) is 2.12. The summed E-state index contributed by atoms with van der Waals surface area (Å²) >= 11 is 6.45. The van der Waals surface area contributed by atoms with Gasteiger partial charge in [0.25, 0.3) is 6.01 Å². The maximum absolute atomic E-state index is 6.45. The molecular formula is C16H17ClN4O. The highest BCUT2D eigenvalue weighted by Gasteiger charge is 2.33. The minimum atomic E-state index is 0.175. The second-order valence-electron chi connectivity index (χ2n) is 5.73. The van der Waals surface area contributed by atoms with Gasteiger partial charge in [-0.3, -0.25) is 4.68 Å². The van der Waals surface area contributed by atoms with Crippen molar-refractivity contribution in [1.29, 1.82) is 0 Å². The highest BCUT2D eigenvalue weighted by atomic mass is 35.5. The third kappa shape index (κ3) is 2.00. The summed E-state index contributed by atoms with van der Waals surface area (Å²) in [7, 11) is 1.87. The first-order chi connectivity index (χ1) is 10.6. The zero-order valence-corrected chi connectivity index (χ0v) is 13.3. The third-order valence-corrected chi connectivity index (χ3v) is 4.76. The molecule has 4 rings (SSSR count). The molecule has 0 saturated carbocycles. The van der Waals surface area contributed by atoms with E-state index < -0.39 is 0 Å². The van der Waals surface area contributed by atoms with E-state index in [0.717, 1.165) is 41.7 Å². The Balaban J connectivity index is 1.77. The molecule has 0 bridgehead atoms. The Labute approximate surface area is 133 Å². The van der Waals surface area contributed by atoms with Gasteiger partial charge in [-0.2, -0.15) is 10.1 Å². The Morgan fingerprint density at radius 2 is 2.14 bits per heavy atom. The van der Waals surface area contributed by atoms with E-state index in [9.17, 15) is 0 Å². The van der Waals surface area contributed by atoms with Gasteiger partial charge in [0, 0.05) is 19.2 Å². The first-order valence-corrected chi connectivity index (χ1v) is 7.84. The predicted octanol–water partition coefficient (Wildman–Crippen LogP) is 3.86. The number of hydrogen-bond donors (Lipinski definition) is 0. The van der Waals surface area contributed by atoms with Gasteiger partial charge in [0.2, 0.25) is 0 Å². The van der Waals surface area contributed by atoms with Gasteiger partial charge in [0.1, 0.15) is 10.7 Å². The van der Waals surface area contributed by atoms with Crippen LogP contribution in [0.2, 0.25) is 5.15 Å². The van der Waals surface area contributed by atoms with Gasteiger partial charge < -0.3 is 9.32 Å². The van der Waals surface area contributed by atoms with Crippen LogP contribution in [0.5, 0.6) is 0 Å². The van der Waals surface area contributed by atoms with Crippen LogP contribution in [0.4, 0.5) is 6.01 Å². The third-order valence-electron chi connectivity index (χ3n) is 4.31. The SMILES string of the molecule is Cc1nn(C)c(Cl)c1[C@H]1CCCN1c1nc2ccccc2o1. The number of rotatable bonds is 2. The molecule has 1 saturated heterocycles. The van der Waals surface area contributed by atoms with Crippen LogP contribution < -0.4 is 4.90 Å². The molecule has 3 aromatic rings. The maximum atomic E-state index is 6.45. The quantitative estimate of drug-likeness (QED) is 0.720. The van der Waals surface area contributed by atoms with Gasteiger partial charge in [-0.15, -0.1) is 0 Å². The Morgan fingerprint density at radius 3 is 2.86 bits per heavy atom. The molecule has 1 atom stereocenters. The van der Waals surface area contributed by atoms with Crippen LogP contribution in [0.1, 0.15) is 30.1 Å². The molecule has 0 amide bonds. The number of benzene rings is 1. The molecule has 0 unspecified atom stereocenters. The average molecular weight is 317 g/mol. The molecule has 0 spiro atoms. The topological polar surface area (TPSA) is 47.1 Å². The summed E-state index contributed by atoms with van der Waals surface area (Å²) in [5.41, 5.74) is 3.76. The van der Waals surface area contributed by atoms with Crippen molar-refractivity contribution in [2.24, 2.45) is 7.05 Å². The minimum Gasteiger partial charge on any atom is -0.423 e. The van der Waals surface area contributed by atoms with Gasteiger partial charge in [-0.25, -0.2) is 0 Å². The molecule has 3 heterocycles. The number of hydrogen-bond acceptors (Lipinski definition) is 4. The van der Waals surface area contributed by atoms with Crippen molar-refractivity contribution >= 4 is 28.7 Å². The monoisotopic (exact) mass is 316 g/mol. The van der Waals surface area contributed by atoms with E-state index in [-0.39, 0.29) is 6.04 Å². The molecule has 0 aliphatic carbocycles. The van der Waals surface area contributed by atoms with Crippen LogP contribution in [0.25, 0.3) is 11.1 Å². The van der Waals surface area contributed by atoms with Crippen molar-refractivity contribution in [2.45, 2.75) is 25.8 Å². The molecule has 114 valence electrons. The van der Waals surface area contributed by atoms with Gasteiger partial charge >= 0.3 is 0 Å². The second-order valence-corrected chi connectivity index (χ2v) is 6.09. The van der Waals surface area contributed by atoms with Crippen LogP contribution in [-0.4, -0.2) is 21.3 Å². The Hall–Kier alpha value is -2.01. The summed E-state index contributed by atoms with van der Waals surface area (Å²) in [6.45, 7) is 2.92. The lowest BCUT2D eigenvalue weighted by atomic mass is 10.1. The fourth-order valence-corrected chi connectivity index (χ4v) is 3.60. The van der Waals surface area contributed by atoms with Crippen LogP contribution >= 0.6 is 11.6 Å². The number of halogens is 1. The van der Waals surface area contributed by atoms with Crippen molar-refractivity contribution in [3.63, 3.8) is 0 Å². The van der Waals surface area contributed by atoms with E-state index in [1.807, 2.05) is 38.2 Å². The number of anilines is 1. The highest BCUT2D eigenvalue weighted by molar-refractivity contribution is 6.30. The van der Waals surface area contributed by atoms with E-state index in [2.05, 4.69) is 15.0 Å². The van der Waals surface area contributed by atoms with Crippen molar-refractivity contribution in [3.8, 4) is 0 Å². The van der Waals surface area contributed by atoms with Gasteiger partial charge in [0.15, 0.2) is 5.58 Å². The maximum Gasteiger partial charge on any atom is 0.298 e. The smallest absolute Gasteiger partial charge is 0.298 e. The van der Waals surface area contributed by atoms with Crippen molar-refractivity contribution < 1.29 is 4.42 Å². The molecule has 1 aliphatic rings. The van der Waals surface area contributed by atoms with E-state index in [0.29, 0.717) is 11.2 Å². The molecule has 1 fully saturated rings. The lowest BCUT2D eigenvalue weighted by molar-refractivity contribution is 0.556. The number of para-hydroxylation sites is 2. The molecule has 1 aromatic carbocycles. The Bertz CT molecular complexity index is 805. The zero-order valence-electron chi connectivity index (χ0n) is 12.6.